The second-order valence-corrected chi connectivity index (χ2v) is 10.9. The SMILES string of the molecule is CC1CCc2c(sc(NC(=O)c3cc(-c4ccc(Cl)s4)nc4ccccc34)c2C(N)=O)C1. The molecule has 1 unspecified atom stereocenters. The zero-order valence-corrected chi connectivity index (χ0v) is 19.7. The van der Waals surface area contributed by atoms with Crippen LogP contribution < -0.4 is 11.1 Å². The number of nitrogens with one attached hydrogen (secondary N) is 1. The maximum Gasteiger partial charge on any atom is 0.257 e. The molecule has 8 heteroatoms. The van der Waals surface area contributed by atoms with E-state index in [1.807, 2.05) is 36.4 Å². The third-order valence-corrected chi connectivity index (χ3v) is 8.20. The fourth-order valence-corrected chi connectivity index (χ4v) is 6.63. The fourth-order valence-electron chi connectivity index (χ4n) is 4.21. The van der Waals surface area contributed by atoms with Gasteiger partial charge in [0.15, 0.2) is 0 Å². The number of hydrogen-bond acceptors (Lipinski definition) is 5. The Morgan fingerprint density at radius 3 is 2.75 bits per heavy atom. The molecule has 1 atom stereocenters. The van der Waals surface area contributed by atoms with Gasteiger partial charge in [0, 0.05) is 10.3 Å². The summed E-state index contributed by atoms with van der Waals surface area (Å²) < 4.78 is 0.658. The summed E-state index contributed by atoms with van der Waals surface area (Å²) in [5.74, 6) is -0.239. The zero-order chi connectivity index (χ0) is 22.4. The Bertz CT molecular complexity index is 1380. The summed E-state index contributed by atoms with van der Waals surface area (Å²) in [7, 11) is 0. The molecule has 1 aliphatic rings. The first-order valence-electron chi connectivity index (χ1n) is 10.3. The minimum atomic E-state index is -0.499. The van der Waals surface area contributed by atoms with E-state index in [1.54, 1.807) is 6.07 Å². The van der Waals surface area contributed by atoms with Crippen molar-refractivity contribution >= 4 is 62.0 Å². The van der Waals surface area contributed by atoms with Crippen molar-refractivity contribution in [3.8, 4) is 10.6 Å². The number of benzene rings is 1. The van der Waals surface area contributed by atoms with Crippen molar-refractivity contribution in [2.75, 3.05) is 5.32 Å². The molecule has 162 valence electrons. The van der Waals surface area contributed by atoms with Crippen LogP contribution in [0.5, 0.6) is 0 Å². The van der Waals surface area contributed by atoms with E-state index < -0.39 is 5.91 Å². The molecule has 2 amide bonds. The number of pyridine rings is 1. The Hall–Kier alpha value is -2.74. The van der Waals surface area contributed by atoms with Crippen molar-refractivity contribution in [1.82, 2.24) is 4.98 Å². The number of anilines is 1. The molecule has 0 bridgehead atoms. The lowest BCUT2D eigenvalue weighted by Gasteiger charge is -2.18. The Balaban J connectivity index is 1.58. The van der Waals surface area contributed by atoms with Crippen LogP contribution in [0.4, 0.5) is 5.00 Å². The van der Waals surface area contributed by atoms with Gasteiger partial charge in [-0.15, -0.1) is 22.7 Å². The van der Waals surface area contributed by atoms with Gasteiger partial charge in [0.05, 0.1) is 31.6 Å². The van der Waals surface area contributed by atoms with E-state index in [4.69, 9.17) is 22.3 Å². The lowest BCUT2D eigenvalue weighted by Crippen LogP contribution is -2.19. The topological polar surface area (TPSA) is 85.1 Å². The van der Waals surface area contributed by atoms with E-state index in [1.165, 1.54) is 22.7 Å². The Labute approximate surface area is 198 Å². The van der Waals surface area contributed by atoms with E-state index in [0.29, 0.717) is 37.6 Å². The van der Waals surface area contributed by atoms with Crippen molar-refractivity contribution in [1.29, 1.82) is 0 Å². The van der Waals surface area contributed by atoms with Gasteiger partial charge in [-0.25, -0.2) is 4.98 Å². The number of carbonyl (C=O) groups excluding carboxylic acids is 2. The number of fused-ring (bicyclic) bond motifs is 2. The third kappa shape index (κ3) is 3.81. The van der Waals surface area contributed by atoms with Gasteiger partial charge in [-0.1, -0.05) is 36.7 Å². The van der Waals surface area contributed by atoms with Crippen LogP contribution in [0.2, 0.25) is 4.34 Å². The molecule has 1 aliphatic carbocycles. The van der Waals surface area contributed by atoms with E-state index in [-0.39, 0.29) is 5.91 Å². The fraction of sp³-hybridized carbons (Fsp3) is 0.208. The Kier molecular flexibility index (Phi) is 5.49. The molecule has 5 nitrogen and oxygen atoms in total. The predicted molar refractivity (Wildman–Crippen MR) is 132 cm³/mol. The van der Waals surface area contributed by atoms with Crippen LogP contribution in [0, 0.1) is 5.92 Å². The van der Waals surface area contributed by atoms with Gasteiger partial charge in [0.25, 0.3) is 11.8 Å². The lowest BCUT2D eigenvalue weighted by atomic mass is 9.88. The number of rotatable bonds is 4. The highest BCUT2D eigenvalue weighted by Crippen LogP contribution is 2.40. The monoisotopic (exact) mass is 481 g/mol. The molecule has 0 aliphatic heterocycles. The van der Waals surface area contributed by atoms with Crippen LogP contribution in [-0.2, 0) is 12.8 Å². The van der Waals surface area contributed by atoms with Gasteiger partial charge < -0.3 is 11.1 Å². The molecule has 0 fully saturated rings. The number of aromatic nitrogens is 1. The Morgan fingerprint density at radius 2 is 2.00 bits per heavy atom. The molecule has 32 heavy (non-hydrogen) atoms. The number of amides is 2. The molecule has 4 aromatic rings. The summed E-state index contributed by atoms with van der Waals surface area (Å²) in [5, 5.41) is 4.26. The number of primary amides is 1. The molecule has 0 saturated heterocycles. The lowest BCUT2D eigenvalue weighted by molar-refractivity contribution is 0.1000. The van der Waals surface area contributed by atoms with Crippen LogP contribution in [0.25, 0.3) is 21.5 Å². The average molecular weight is 482 g/mol. The standard InChI is InChI=1S/C24H20ClN3O2S2/c1-12-6-7-14-19(10-12)32-24(21(14)22(26)29)28-23(30)15-11-17(18-8-9-20(25)31-18)27-16-5-3-2-4-13(15)16/h2-5,8-9,11-12H,6-7,10H2,1H3,(H2,26,29)(H,28,30). The largest absolute Gasteiger partial charge is 0.365 e. The molecule has 1 aromatic carbocycles. The molecule has 3 heterocycles. The summed E-state index contributed by atoms with van der Waals surface area (Å²) in [6.45, 7) is 2.20. The van der Waals surface area contributed by atoms with Gasteiger partial charge in [-0.2, -0.15) is 0 Å². The van der Waals surface area contributed by atoms with E-state index in [9.17, 15) is 9.59 Å². The van der Waals surface area contributed by atoms with Crippen molar-refractivity contribution in [2.45, 2.75) is 26.2 Å². The van der Waals surface area contributed by atoms with E-state index in [0.717, 1.165) is 40.0 Å². The van der Waals surface area contributed by atoms with Gasteiger partial charge in [0.1, 0.15) is 5.00 Å². The molecule has 3 N–H and O–H groups in total. The van der Waals surface area contributed by atoms with E-state index in [2.05, 4.69) is 12.2 Å². The maximum atomic E-state index is 13.5. The minimum absolute atomic E-state index is 0.290. The molecule has 0 spiro atoms. The first kappa shape index (κ1) is 21.1. The van der Waals surface area contributed by atoms with Gasteiger partial charge in [-0.3, -0.25) is 9.59 Å². The number of nitrogens with two attached hydrogens (primary N) is 1. The summed E-state index contributed by atoms with van der Waals surface area (Å²) in [4.78, 5) is 32.5. The molecule has 0 saturated carbocycles. The average Bonchev–Trinajstić information content (AvgIpc) is 3.35. The highest BCUT2D eigenvalue weighted by atomic mass is 35.5. The number of nitrogens with zero attached hydrogens (tertiary/aromatic N) is 1. The van der Waals surface area contributed by atoms with E-state index >= 15 is 0 Å². The normalized spacial score (nSPS) is 15.5. The van der Waals surface area contributed by atoms with Gasteiger partial charge >= 0.3 is 0 Å². The van der Waals surface area contributed by atoms with Crippen LogP contribution in [-0.4, -0.2) is 16.8 Å². The summed E-state index contributed by atoms with van der Waals surface area (Å²) in [5.41, 5.74) is 9.05. The number of carbonyl (C=O) groups is 2. The van der Waals surface area contributed by atoms with Gasteiger partial charge in [0.2, 0.25) is 0 Å². The number of hydrogen-bond donors (Lipinski definition) is 2. The molecule has 0 radical (unpaired) electrons. The van der Waals surface area contributed by atoms with Crippen molar-refractivity contribution in [2.24, 2.45) is 11.7 Å². The third-order valence-electron chi connectivity index (χ3n) is 5.77. The highest BCUT2D eigenvalue weighted by molar-refractivity contribution is 7.19. The minimum Gasteiger partial charge on any atom is -0.365 e. The summed E-state index contributed by atoms with van der Waals surface area (Å²) in [6.07, 6.45) is 2.72. The van der Waals surface area contributed by atoms with Crippen LogP contribution in [0.3, 0.4) is 0 Å². The molecule has 3 aromatic heterocycles. The predicted octanol–water partition coefficient (Wildman–Crippen LogP) is 6.15. The van der Waals surface area contributed by atoms with Crippen LogP contribution >= 0.6 is 34.3 Å². The molecule has 5 rings (SSSR count). The second-order valence-electron chi connectivity index (χ2n) is 8.05. The van der Waals surface area contributed by atoms with Crippen molar-refractivity contribution in [3.05, 3.63) is 68.4 Å². The molecular formula is C24H20ClN3O2S2. The first-order chi connectivity index (χ1) is 15.4. The van der Waals surface area contributed by atoms with Crippen LogP contribution in [0.15, 0.2) is 42.5 Å². The summed E-state index contributed by atoms with van der Waals surface area (Å²) in [6, 6.07) is 13.0. The highest BCUT2D eigenvalue weighted by Gasteiger charge is 2.28. The zero-order valence-electron chi connectivity index (χ0n) is 17.3. The Morgan fingerprint density at radius 1 is 1.19 bits per heavy atom. The first-order valence-corrected chi connectivity index (χ1v) is 12.3. The smallest absolute Gasteiger partial charge is 0.257 e. The second kappa shape index (κ2) is 8.31. The quantitative estimate of drug-likeness (QED) is 0.366. The maximum absolute atomic E-state index is 13.5. The number of para-hydroxylation sites is 1. The number of halogens is 1. The van der Waals surface area contributed by atoms with Crippen molar-refractivity contribution < 1.29 is 9.59 Å². The summed E-state index contributed by atoms with van der Waals surface area (Å²) >= 11 is 8.99. The number of thiophene rings is 2. The van der Waals surface area contributed by atoms with Crippen LogP contribution in [0.1, 0.15) is 44.5 Å². The van der Waals surface area contributed by atoms with Gasteiger partial charge in [-0.05, 0) is 55.0 Å². The molecular weight excluding hydrogens is 462 g/mol. The van der Waals surface area contributed by atoms with Crippen molar-refractivity contribution in [3.63, 3.8) is 0 Å².